The first kappa shape index (κ1) is 14.6. The van der Waals surface area contributed by atoms with Gasteiger partial charge in [-0.05, 0) is 6.42 Å². The molecule has 5 heteroatoms. The summed E-state index contributed by atoms with van der Waals surface area (Å²) in [6.07, 6.45) is 0.921. The smallest absolute Gasteiger partial charge is 0.355 e. The molecule has 0 aliphatic carbocycles. The van der Waals surface area contributed by atoms with Crippen LogP contribution in [0.4, 0.5) is 0 Å². The molecule has 0 spiro atoms. The van der Waals surface area contributed by atoms with Crippen LogP contribution in [0.2, 0.25) is 0 Å². The summed E-state index contributed by atoms with van der Waals surface area (Å²) in [5.74, 6) is 0. The van der Waals surface area contributed by atoms with E-state index in [1.807, 2.05) is 6.92 Å². The maximum Gasteiger partial charge on any atom is 0.678 e. The number of hydrogen-bond acceptors (Lipinski definition) is 4. The van der Waals surface area contributed by atoms with E-state index in [-0.39, 0.29) is 7.43 Å². The van der Waals surface area contributed by atoms with Crippen molar-refractivity contribution in [3.63, 3.8) is 0 Å². The van der Waals surface area contributed by atoms with Crippen molar-refractivity contribution in [2.75, 3.05) is 27.9 Å². The third-order valence-electron chi connectivity index (χ3n) is 1.23. The van der Waals surface area contributed by atoms with Crippen LogP contribution >= 0.6 is 0 Å². The molecule has 0 aliphatic heterocycles. The van der Waals surface area contributed by atoms with Gasteiger partial charge in [-0.15, -0.1) is 0 Å². The van der Waals surface area contributed by atoms with E-state index in [0.717, 1.165) is 6.42 Å². The minimum absolute atomic E-state index is 0. The minimum atomic E-state index is -2.74. The lowest BCUT2D eigenvalue weighted by atomic mass is 10.5. The topological polar surface area (TPSA) is 36.9 Å². The Balaban J connectivity index is 0. The summed E-state index contributed by atoms with van der Waals surface area (Å²) in [6, 6.07) is 0. The summed E-state index contributed by atoms with van der Waals surface area (Å²) in [5, 5.41) is 0. The molecule has 0 amide bonds. The van der Waals surface area contributed by atoms with Gasteiger partial charge in [0.15, 0.2) is 0 Å². The van der Waals surface area contributed by atoms with E-state index in [0.29, 0.717) is 6.61 Å². The third kappa shape index (κ3) is 4.17. The molecule has 0 bridgehead atoms. The van der Waals surface area contributed by atoms with Gasteiger partial charge in [0.1, 0.15) is 0 Å². The third-order valence-corrected chi connectivity index (χ3v) is 3.29. The molecule has 0 aromatic heterocycles. The Hall–Kier alpha value is 0.0569. The normalized spacial score (nSPS) is 11.0. The second-order valence-electron chi connectivity index (χ2n) is 1.96. The molecule has 0 radical (unpaired) electrons. The highest BCUT2D eigenvalue weighted by Gasteiger charge is 2.41. The Bertz CT molecular complexity index is 87.1. The van der Waals surface area contributed by atoms with Gasteiger partial charge < -0.3 is 17.7 Å². The Morgan fingerprint density at radius 1 is 1.00 bits per heavy atom. The van der Waals surface area contributed by atoms with Crippen LogP contribution in [-0.2, 0) is 17.7 Å². The van der Waals surface area contributed by atoms with E-state index in [1.165, 1.54) is 21.3 Å². The van der Waals surface area contributed by atoms with Crippen molar-refractivity contribution >= 4 is 9.05 Å². The van der Waals surface area contributed by atoms with Crippen LogP contribution < -0.4 is 0 Å². The van der Waals surface area contributed by atoms with E-state index >= 15 is 0 Å². The van der Waals surface area contributed by atoms with Crippen molar-refractivity contribution < 1.29 is 17.7 Å². The summed E-state index contributed by atoms with van der Waals surface area (Å²) in [5.41, 5.74) is 0. The Morgan fingerprint density at radius 2 is 1.42 bits per heavy atom. The van der Waals surface area contributed by atoms with Gasteiger partial charge in [0, 0.05) is 27.9 Å². The first-order chi connectivity index (χ1) is 5.24. The van der Waals surface area contributed by atoms with Gasteiger partial charge in [-0.1, -0.05) is 14.4 Å². The van der Waals surface area contributed by atoms with Crippen LogP contribution in [0, 0.1) is 0 Å². The molecule has 0 aromatic rings. The summed E-state index contributed by atoms with van der Waals surface area (Å²) in [6.45, 7) is 2.61. The highest BCUT2D eigenvalue weighted by atomic mass is 28.4. The lowest BCUT2D eigenvalue weighted by Crippen LogP contribution is -2.46. The molecule has 0 heterocycles. The van der Waals surface area contributed by atoms with Gasteiger partial charge in [-0.25, -0.2) is 0 Å². The van der Waals surface area contributed by atoms with Crippen LogP contribution in [0.1, 0.15) is 20.8 Å². The lowest BCUT2D eigenvalue weighted by molar-refractivity contribution is 0.00610. The van der Waals surface area contributed by atoms with Crippen LogP contribution in [0.25, 0.3) is 0 Å². The molecule has 0 aromatic carbocycles. The largest absolute Gasteiger partial charge is 0.678 e. The van der Waals surface area contributed by atoms with Gasteiger partial charge in [0.05, 0.1) is 0 Å². The summed E-state index contributed by atoms with van der Waals surface area (Å²) < 4.78 is 20.3. The van der Waals surface area contributed by atoms with E-state index < -0.39 is 9.05 Å². The first-order valence-electron chi connectivity index (χ1n) is 3.54. The SMILES string of the molecule is C.CCCO[Si](OC)(OC)OC. The van der Waals surface area contributed by atoms with Gasteiger partial charge >= 0.3 is 9.05 Å². The van der Waals surface area contributed by atoms with E-state index in [2.05, 4.69) is 0 Å². The second-order valence-corrected chi connectivity index (χ2v) is 4.47. The Labute approximate surface area is 76.3 Å². The average Bonchev–Trinajstić information content (AvgIpc) is 2.08. The zero-order valence-electron chi connectivity index (χ0n) is 7.55. The fraction of sp³-hybridized carbons (Fsp3) is 1.00. The molecule has 0 N–H and O–H groups in total. The van der Waals surface area contributed by atoms with Crippen molar-refractivity contribution in [1.29, 1.82) is 0 Å². The Morgan fingerprint density at radius 3 is 1.67 bits per heavy atom. The van der Waals surface area contributed by atoms with Crippen molar-refractivity contribution in [1.82, 2.24) is 0 Å². The van der Waals surface area contributed by atoms with Gasteiger partial charge in [0.25, 0.3) is 0 Å². The second kappa shape index (κ2) is 7.69. The molecule has 0 atom stereocenters. The molecule has 0 rings (SSSR count). The van der Waals surface area contributed by atoms with Crippen LogP contribution in [0.5, 0.6) is 0 Å². The molecule has 12 heavy (non-hydrogen) atoms. The monoisotopic (exact) mass is 196 g/mol. The maximum absolute atomic E-state index is 5.30. The highest BCUT2D eigenvalue weighted by Crippen LogP contribution is 2.07. The predicted molar refractivity (Wildman–Crippen MR) is 49.8 cm³/mol. The molecule has 0 unspecified atom stereocenters. The van der Waals surface area contributed by atoms with E-state index in [1.54, 1.807) is 0 Å². The highest BCUT2D eigenvalue weighted by molar-refractivity contribution is 6.53. The molecule has 0 saturated carbocycles. The zero-order valence-corrected chi connectivity index (χ0v) is 8.55. The van der Waals surface area contributed by atoms with Crippen molar-refractivity contribution in [2.45, 2.75) is 20.8 Å². The molecule has 4 nitrogen and oxygen atoms in total. The summed E-state index contributed by atoms with van der Waals surface area (Å²) in [4.78, 5) is 0. The van der Waals surface area contributed by atoms with E-state index in [4.69, 9.17) is 17.7 Å². The molecule has 0 aliphatic rings. The standard InChI is InChI=1S/C6H16O4Si.CH4/c1-5-6-10-11(7-2,8-3)9-4;/h5-6H2,1-4H3;1H4. The molecule has 0 saturated heterocycles. The molecule has 76 valence electrons. The maximum atomic E-state index is 5.30. The lowest BCUT2D eigenvalue weighted by Gasteiger charge is -2.22. The summed E-state index contributed by atoms with van der Waals surface area (Å²) in [7, 11) is 1.83. The Kier molecular flexibility index (Phi) is 9.34. The number of rotatable bonds is 6. The van der Waals surface area contributed by atoms with Gasteiger partial charge in [-0.2, -0.15) is 0 Å². The van der Waals surface area contributed by atoms with Crippen molar-refractivity contribution in [3.8, 4) is 0 Å². The molecular formula is C7H20O4Si. The van der Waals surface area contributed by atoms with Crippen molar-refractivity contribution in [2.24, 2.45) is 0 Å². The number of hydrogen-bond donors (Lipinski definition) is 0. The molecule has 0 fully saturated rings. The van der Waals surface area contributed by atoms with Crippen LogP contribution in [0.3, 0.4) is 0 Å². The van der Waals surface area contributed by atoms with Crippen LogP contribution in [-0.4, -0.2) is 37.0 Å². The first-order valence-corrected chi connectivity index (χ1v) is 5.17. The summed E-state index contributed by atoms with van der Waals surface area (Å²) >= 11 is 0. The zero-order chi connectivity index (χ0) is 8.74. The fourth-order valence-corrected chi connectivity index (χ4v) is 1.96. The van der Waals surface area contributed by atoms with Crippen LogP contribution in [0.15, 0.2) is 0 Å². The quantitative estimate of drug-likeness (QED) is 0.602. The average molecular weight is 196 g/mol. The predicted octanol–water partition coefficient (Wildman–Crippen LogP) is 1.42. The minimum Gasteiger partial charge on any atom is -0.355 e. The van der Waals surface area contributed by atoms with Crippen molar-refractivity contribution in [3.05, 3.63) is 0 Å². The van der Waals surface area contributed by atoms with Gasteiger partial charge in [0.2, 0.25) is 0 Å². The molecular weight excluding hydrogens is 176 g/mol. The fourth-order valence-electron chi connectivity index (χ4n) is 0.654. The van der Waals surface area contributed by atoms with E-state index in [9.17, 15) is 0 Å². The van der Waals surface area contributed by atoms with Gasteiger partial charge in [-0.3, -0.25) is 0 Å².